The third kappa shape index (κ3) is 3.28. The summed E-state index contributed by atoms with van der Waals surface area (Å²) < 4.78 is 0. The quantitative estimate of drug-likeness (QED) is 0.809. The highest BCUT2D eigenvalue weighted by molar-refractivity contribution is 5.89. The molecule has 2 aromatic carbocycles. The molecule has 3 N–H and O–H groups in total. The molecule has 0 aromatic heterocycles. The Labute approximate surface area is 135 Å². The van der Waals surface area contributed by atoms with Gasteiger partial charge in [0.25, 0.3) is 0 Å². The number of aryl methyl sites for hydroxylation is 1. The largest absolute Gasteiger partial charge is 0.354 e. The van der Waals surface area contributed by atoms with Crippen molar-refractivity contribution in [1.29, 1.82) is 0 Å². The van der Waals surface area contributed by atoms with Gasteiger partial charge in [-0.3, -0.25) is 4.79 Å². The highest BCUT2D eigenvalue weighted by Crippen LogP contribution is 2.23. The number of urea groups is 1. The van der Waals surface area contributed by atoms with Gasteiger partial charge in [0.2, 0.25) is 5.91 Å². The van der Waals surface area contributed by atoms with Gasteiger partial charge in [0.1, 0.15) is 6.04 Å². The normalized spacial score (nSPS) is 17.1. The Bertz CT molecular complexity index is 742. The summed E-state index contributed by atoms with van der Waals surface area (Å²) in [6, 6.07) is 11.7. The molecule has 3 rings (SSSR count). The minimum absolute atomic E-state index is 0.112. The van der Waals surface area contributed by atoms with Crippen molar-refractivity contribution in [2.45, 2.75) is 32.4 Å². The van der Waals surface area contributed by atoms with Crippen LogP contribution >= 0.6 is 0 Å². The molecule has 1 aliphatic rings. The van der Waals surface area contributed by atoms with Crippen molar-refractivity contribution < 1.29 is 9.59 Å². The summed E-state index contributed by atoms with van der Waals surface area (Å²) in [7, 11) is 0. The Morgan fingerprint density at radius 3 is 2.83 bits per heavy atom. The van der Waals surface area contributed by atoms with Crippen molar-refractivity contribution in [2.75, 3.05) is 6.54 Å². The summed E-state index contributed by atoms with van der Waals surface area (Å²) in [6.07, 6.45) is 1.55. The summed E-state index contributed by atoms with van der Waals surface area (Å²) in [5.41, 5.74) is 2.36. The molecular formula is C18H21N3O2. The van der Waals surface area contributed by atoms with Crippen LogP contribution in [0.15, 0.2) is 36.4 Å². The topological polar surface area (TPSA) is 70.2 Å². The number of carbonyl (C=O) groups is 2. The van der Waals surface area contributed by atoms with Gasteiger partial charge in [-0.15, -0.1) is 0 Å². The fourth-order valence-electron chi connectivity index (χ4n) is 3.03. The van der Waals surface area contributed by atoms with Crippen LogP contribution < -0.4 is 16.0 Å². The lowest BCUT2D eigenvalue weighted by atomic mass is 9.97. The average Bonchev–Trinajstić information content (AvgIpc) is 2.97. The van der Waals surface area contributed by atoms with Crippen LogP contribution in [0.2, 0.25) is 0 Å². The van der Waals surface area contributed by atoms with Gasteiger partial charge in [-0.25, -0.2) is 4.79 Å². The number of hydrogen-bond donors (Lipinski definition) is 3. The smallest absolute Gasteiger partial charge is 0.315 e. The Morgan fingerprint density at radius 1 is 1.26 bits per heavy atom. The van der Waals surface area contributed by atoms with Crippen LogP contribution in [0.4, 0.5) is 4.79 Å². The summed E-state index contributed by atoms with van der Waals surface area (Å²) in [5, 5.41) is 10.6. The number of rotatable bonds is 4. The van der Waals surface area contributed by atoms with Crippen LogP contribution in [0.25, 0.3) is 10.8 Å². The second-order valence-electron chi connectivity index (χ2n) is 5.74. The summed E-state index contributed by atoms with van der Waals surface area (Å²) >= 11 is 0. The molecule has 5 nitrogen and oxygen atoms in total. The van der Waals surface area contributed by atoms with Gasteiger partial charge in [0.05, 0.1) is 0 Å². The molecule has 0 spiro atoms. The molecule has 1 atom stereocenters. The van der Waals surface area contributed by atoms with Crippen LogP contribution in [-0.4, -0.2) is 24.5 Å². The fourth-order valence-corrected chi connectivity index (χ4v) is 3.03. The van der Waals surface area contributed by atoms with E-state index in [0.29, 0.717) is 19.5 Å². The molecule has 5 heteroatoms. The zero-order valence-electron chi connectivity index (χ0n) is 13.2. The first kappa shape index (κ1) is 15.3. The van der Waals surface area contributed by atoms with Crippen LogP contribution in [0.3, 0.4) is 0 Å². The van der Waals surface area contributed by atoms with E-state index in [0.717, 1.165) is 22.8 Å². The Balaban J connectivity index is 1.73. The van der Waals surface area contributed by atoms with Crippen molar-refractivity contribution in [2.24, 2.45) is 0 Å². The standard InChI is InChI=1S/C18H21N3O2/c1-2-12-7-8-13-5-3-4-6-14(13)15(12)11-20-18(23)21-16-9-10-19-17(16)22/h3-8,16H,2,9-11H2,1H3,(H,19,22)(H2,20,21,23)/t16-/m0/s1. The molecule has 0 radical (unpaired) electrons. The number of hydrogen-bond acceptors (Lipinski definition) is 2. The zero-order valence-corrected chi connectivity index (χ0v) is 13.2. The van der Waals surface area contributed by atoms with Gasteiger partial charge >= 0.3 is 6.03 Å². The van der Waals surface area contributed by atoms with Crippen molar-refractivity contribution in [3.05, 3.63) is 47.5 Å². The molecule has 1 fully saturated rings. The predicted molar refractivity (Wildman–Crippen MR) is 90.1 cm³/mol. The molecule has 0 bridgehead atoms. The van der Waals surface area contributed by atoms with E-state index in [1.54, 1.807) is 0 Å². The minimum atomic E-state index is -0.423. The molecule has 120 valence electrons. The lowest BCUT2D eigenvalue weighted by Crippen LogP contribution is -2.45. The first-order chi connectivity index (χ1) is 11.2. The average molecular weight is 311 g/mol. The molecular weight excluding hydrogens is 290 g/mol. The molecule has 0 unspecified atom stereocenters. The van der Waals surface area contributed by atoms with Gasteiger partial charge in [-0.1, -0.05) is 43.3 Å². The molecule has 1 saturated heterocycles. The second kappa shape index (κ2) is 6.69. The SMILES string of the molecule is CCc1ccc2ccccc2c1CNC(=O)N[C@H]1CCNC1=O. The van der Waals surface area contributed by atoms with Crippen LogP contribution in [0.5, 0.6) is 0 Å². The minimum Gasteiger partial charge on any atom is -0.354 e. The van der Waals surface area contributed by atoms with Crippen molar-refractivity contribution in [1.82, 2.24) is 16.0 Å². The van der Waals surface area contributed by atoms with Crippen molar-refractivity contribution in [3.8, 4) is 0 Å². The Hall–Kier alpha value is -2.56. The molecule has 23 heavy (non-hydrogen) atoms. The van der Waals surface area contributed by atoms with E-state index in [1.807, 2.05) is 12.1 Å². The maximum atomic E-state index is 12.1. The number of carbonyl (C=O) groups excluding carboxylic acids is 2. The molecule has 1 heterocycles. The second-order valence-corrected chi connectivity index (χ2v) is 5.74. The number of nitrogens with one attached hydrogen (secondary N) is 3. The van der Waals surface area contributed by atoms with E-state index < -0.39 is 6.04 Å². The van der Waals surface area contributed by atoms with Gasteiger partial charge in [-0.05, 0) is 34.7 Å². The predicted octanol–water partition coefficient (Wildman–Crippen LogP) is 2.09. The van der Waals surface area contributed by atoms with E-state index >= 15 is 0 Å². The summed E-state index contributed by atoms with van der Waals surface area (Å²) in [6.45, 7) is 3.17. The van der Waals surface area contributed by atoms with E-state index in [2.05, 4.69) is 47.1 Å². The Kier molecular flexibility index (Phi) is 4.46. The first-order valence-corrected chi connectivity index (χ1v) is 8.00. The van der Waals surface area contributed by atoms with Gasteiger partial charge < -0.3 is 16.0 Å². The van der Waals surface area contributed by atoms with Gasteiger partial charge in [-0.2, -0.15) is 0 Å². The van der Waals surface area contributed by atoms with E-state index in [-0.39, 0.29) is 11.9 Å². The summed E-state index contributed by atoms with van der Waals surface area (Å²) in [4.78, 5) is 23.6. The van der Waals surface area contributed by atoms with Crippen molar-refractivity contribution in [3.63, 3.8) is 0 Å². The van der Waals surface area contributed by atoms with E-state index in [4.69, 9.17) is 0 Å². The number of fused-ring (bicyclic) bond motifs is 1. The first-order valence-electron chi connectivity index (χ1n) is 8.00. The maximum Gasteiger partial charge on any atom is 0.315 e. The zero-order chi connectivity index (χ0) is 16.2. The summed E-state index contributed by atoms with van der Waals surface area (Å²) in [5.74, 6) is -0.112. The van der Waals surface area contributed by atoms with Gasteiger partial charge in [0.15, 0.2) is 0 Å². The maximum absolute atomic E-state index is 12.1. The molecule has 2 aromatic rings. The third-order valence-electron chi connectivity index (χ3n) is 4.30. The molecule has 0 saturated carbocycles. The van der Waals surface area contributed by atoms with Crippen molar-refractivity contribution >= 4 is 22.7 Å². The van der Waals surface area contributed by atoms with E-state index in [9.17, 15) is 9.59 Å². The highest BCUT2D eigenvalue weighted by Gasteiger charge is 2.25. The molecule has 1 aliphatic heterocycles. The Morgan fingerprint density at radius 2 is 2.09 bits per heavy atom. The number of amides is 3. The van der Waals surface area contributed by atoms with Crippen LogP contribution in [0, 0.1) is 0 Å². The number of benzene rings is 2. The van der Waals surface area contributed by atoms with E-state index in [1.165, 1.54) is 5.56 Å². The highest BCUT2D eigenvalue weighted by atomic mass is 16.2. The fraction of sp³-hybridized carbons (Fsp3) is 0.333. The van der Waals surface area contributed by atoms with Gasteiger partial charge in [0, 0.05) is 13.1 Å². The van der Waals surface area contributed by atoms with Crippen LogP contribution in [0.1, 0.15) is 24.5 Å². The molecule has 3 amide bonds. The third-order valence-corrected chi connectivity index (χ3v) is 4.30. The van der Waals surface area contributed by atoms with Crippen LogP contribution in [-0.2, 0) is 17.8 Å². The molecule has 0 aliphatic carbocycles. The monoisotopic (exact) mass is 311 g/mol. The lowest BCUT2D eigenvalue weighted by molar-refractivity contribution is -0.120. The lowest BCUT2D eigenvalue weighted by Gasteiger charge is -2.15.